The number of hydrogen-bond donors (Lipinski definition) is 1. The van der Waals surface area contributed by atoms with Gasteiger partial charge in [0.15, 0.2) is 0 Å². The van der Waals surface area contributed by atoms with Gasteiger partial charge in [-0.25, -0.2) is 0 Å². The minimum absolute atomic E-state index is 0.299. The molecule has 84 valence electrons. The van der Waals surface area contributed by atoms with E-state index in [9.17, 15) is 13.2 Å². The zero-order chi connectivity index (χ0) is 11.5. The van der Waals surface area contributed by atoms with Crippen molar-refractivity contribution in [3.63, 3.8) is 0 Å². The van der Waals surface area contributed by atoms with Crippen molar-refractivity contribution < 1.29 is 13.2 Å². The molecule has 0 aliphatic rings. The molecule has 1 rings (SSSR count). The third kappa shape index (κ3) is 3.23. The molecule has 1 aromatic carbocycles. The standard InChI is InChI=1S/C11H14F3N/c1-8(11(12,13)14)10-4-2-3-9(7-10)5-6-15/h2-4,7-8H,5-6,15H2,1H3. The first-order valence-corrected chi connectivity index (χ1v) is 4.80. The normalized spacial score (nSPS) is 13.9. The van der Waals surface area contributed by atoms with Crippen molar-refractivity contribution in [1.29, 1.82) is 0 Å². The Kier molecular flexibility index (Phi) is 3.74. The van der Waals surface area contributed by atoms with Crippen LogP contribution in [0, 0.1) is 0 Å². The van der Waals surface area contributed by atoms with E-state index in [1.54, 1.807) is 18.2 Å². The van der Waals surface area contributed by atoms with E-state index in [-0.39, 0.29) is 0 Å². The second kappa shape index (κ2) is 4.66. The lowest BCUT2D eigenvalue weighted by atomic mass is 9.98. The molecule has 0 spiro atoms. The zero-order valence-electron chi connectivity index (χ0n) is 8.51. The molecule has 2 N–H and O–H groups in total. The zero-order valence-corrected chi connectivity index (χ0v) is 8.51. The molecular formula is C11H14F3N. The van der Waals surface area contributed by atoms with Gasteiger partial charge in [-0.05, 0) is 31.0 Å². The van der Waals surface area contributed by atoms with Crippen LogP contribution in [0.4, 0.5) is 13.2 Å². The minimum atomic E-state index is -4.18. The lowest BCUT2D eigenvalue weighted by molar-refractivity contribution is -0.146. The SMILES string of the molecule is CC(c1cccc(CCN)c1)C(F)(F)F. The fourth-order valence-electron chi connectivity index (χ4n) is 1.37. The van der Waals surface area contributed by atoms with Crippen molar-refractivity contribution in [1.82, 2.24) is 0 Å². The molecule has 15 heavy (non-hydrogen) atoms. The molecule has 1 nitrogen and oxygen atoms in total. The Bertz CT molecular complexity index is 320. The van der Waals surface area contributed by atoms with Crippen LogP contribution >= 0.6 is 0 Å². The molecule has 0 aliphatic heterocycles. The van der Waals surface area contributed by atoms with Crippen LogP contribution in [-0.2, 0) is 6.42 Å². The number of alkyl halides is 3. The van der Waals surface area contributed by atoms with Gasteiger partial charge in [0.25, 0.3) is 0 Å². The van der Waals surface area contributed by atoms with E-state index in [1.165, 1.54) is 13.0 Å². The second-order valence-electron chi connectivity index (χ2n) is 3.55. The lowest BCUT2D eigenvalue weighted by Gasteiger charge is -2.16. The van der Waals surface area contributed by atoms with E-state index >= 15 is 0 Å². The molecule has 0 fully saturated rings. The average molecular weight is 217 g/mol. The molecule has 1 atom stereocenters. The van der Waals surface area contributed by atoms with Crippen LogP contribution in [-0.4, -0.2) is 12.7 Å². The molecule has 1 unspecified atom stereocenters. The first kappa shape index (κ1) is 12.0. The van der Waals surface area contributed by atoms with Crippen molar-refractivity contribution in [3.05, 3.63) is 35.4 Å². The maximum Gasteiger partial charge on any atom is 0.395 e. The van der Waals surface area contributed by atoms with Gasteiger partial charge in [-0.15, -0.1) is 0 Å². The Balaban J connectivity index is 2.90. The lowest BCUT2D eigenvalue weighted by Crippen LogP contribution is -2.17. The molecule has 0 aliphatic carbocycles. The number of halogens is 3. The molecule has 0 aromatic heterocycles. The molecule has 0 heterocycles. The third-order valence-electron chi connectivity index (χ3n) is 2.38. The molecule has 0 radical (unpaired) electrons. The Hall–Kier alpha value is -1.03. The summed E-state index contributed by atoms with van der Waals surface area (Å²) in [5.41, 5.74) is 6.50. The van der Waals surface area contributed by atoms with Crippen LogP contribution in [0.5, 0.6) is 0 Å². The van der Waals surface area contributed by atoms with Crippen LogP contribution in [0.15, 0.2) is 24.3 Å². The highest BCUT2D eigenvalue weighted by atomic mass is 19.4. The summed E-state index contributed by atoms with van der Waals surface area (Å²) < 4.78 is 37.3. The van der Waals surface area contributed by atoms with Crippen molar-refractivity contribution in [2.45, 2.75) is 25.4 Å². The van der Waals surface area contributed by atoms with Gasteiger partial charge in [-0.1, -0.05) is 24.3 Å². The van der Waals surface area contributed by atoms with Crippen molar-refractivity contribution in [2.75, 3.05) is 6.54 Å². The highest BCUT2D eigenvalue weighted by Crippen LogP contribution is 2.34. The highest BCUT2D eigenvalue weighted by Gasteiger charge is 2.36. The number of hydrogen-bond acceptors (Lipinski definition) is 1. The van der Waals surface area contributed by atoms with Gasteiger partial charge in [0.1, 0.15) is 0 Å². The van der Waals surface area contributed by atoms with Crippen LogP contribution in [0.3, 0.4) is 0 Å². The summed E-state index contributed by atoms with van der Waals surface area (Å²) in [4.78, 5) is 0. The topological polar surface area (TPSA) is 26.0 Å². The smallest absolute Gasteiger partial charge is 0.330 e. The summed E-state index contributed by atoms with van der Waals surface area (Å²) >= 11 is 0. The van der Waals surface area contributed by atoms with Gasteiger partial charge >= 0.3 is 6.18 Å². The Labute approximate surface area is 87.1 Å². The molecule has 0 amide bonds. The maximum atomic E-state index is 12.4. The number of benzene rings is 1. The van der Waals surface area contributed by atoms with Gasteiger partial charge in [0, 0.05) is 0 Å². The average Bonchev–Trinajstić information content (AvgIpc) is 2.16. The van der Waals surface area contributed by atoms with Gasteiger partial charge in [-0.3, -0.25) is 0 Å². The summed E-state index contributed by atoms with van der Waals surface area (Å²) in [7, 11) is 0. The van der Waals surface area contributed by atoms with Crippen molar-refractivity contribution in [3.8, 4) is 0 Å². The van der Waals surface area contributed by atoms with Crippen LogP contribution < -0.4 is 5.73 Å². The van der Waals surface area contributed by atoms with E-state index in [4.69, 9.17) is 5.73 Å². The summed E-state index contributed by atoms with van der Waals surface area (Å²) in [6, 6.07) is 6.51. The van der Waals surface area contributed by atoms with Gasteiger partial charge in [0.2, 0.25) is 0 Å². The summed E-state index contributed by atoms with van der Waals surface area (Å²) in [6.45, 7) is 1.62. The molecular weight excluding hydrogens is 203 g/mol. The molecule has 0 saturated carbocycles. The van der Waals surface area contributed by atoms with E-state index < -0.39 is 12.1 Å². The summed E-state index contributed by atoms with van der Waals surface area (Å²) in [5.74, 6) is -1.42. The maximum absolute atomic E-state index is 12.4. The third-order valence-corrected chi connectivity index (χ3v) is 2.38. The van der Waals surface area contributed by atoms with Crippen LogP contribution in [0.1, 0.15) is 24.0 Å². The van der Waals surface area contributed by atoms with Gasteiger partial charge in [-0.2, -0.15) is 13.2 Å². The van der Waals surface area contributed by atoms with Gasteiger partial charge < -0.3 is 5.73 Å². The highest BCUT2D eigenvalue weighted by molar-refractivity contribution is 5.27. The van der Waals surface area contributed by atoms with Crippen molar-refractivity contribution >= 4 is 0 Å². The van der Waals surface area contributed by atoms with E-state index in [0.717, 1.165) is 5.56 Å². The summed E-state index contributed by atoms with van der Waals surface area (Å²) in [6.07, 6.45) is -3.57. The predicted octanol–water partition coefficient (Wildman–Crippen LogP) is 2.85. The Morgan fingerprint density at radius 2 is 2.00 bits per heavy atom. The van der Waals surface area contributed by atoms with Crippen LogP contribution in [0.2, 0.25) is 0 Å². The fraction of sp³-hybridized carbons (Fsp3) is 0.455. The molecule has 4 heteroatoms. The molecule has 0 bridgehead atoms. The summed E-state index contributed by atoms with van der Waals surface area (Å²) in [5, 5.41) is 0. The predicted molar refractivity (Wildman–Crippen MR) is 53.7 cm³/mol. The Morgan fingerprint density at radius 3 is 2.53 bits per heavy atom. The minimum Gasteiger partial charge on any atom is -0.330 e. The van der Waals surface area contributed by atoms with Gasteiger partial charge in [0.05, 0.1) is 5.92 Å². The van der Waals surface area contributed by atoms with E-state index in [1.807, 2.05) is 0 Å². The molecule has 0 saturated heterocycles. The Morgan fingerprint density at radius 1 is 1.33 bits per heavy atom. The van der Waals surface area contributed by atoms with E-state index in [2.05, 4.69) is 0 Å². The first-order chi connectivity index (χ1) is 6.95. The van der Waals surface area contributed by atoms with Crippen LogP contribution in [0.25, 0.3) is 0 Å². The quantitative estimate of drug-likeness (QED) is 0.827. The van der Waals surface area contributed by atoms with E-state index in [0.29, 0.717) is 18.5 Å². The number of rotatable bonds is 3. The number of nitrogens with two attached hydrogens (primary N) is 1. The van der Waals surface area contributed by atoms with Crippen molar-refractivity contribution in [2.24, 2.45) is 5.73 Å². The molecule has 1 aromatic rings. The first-order valence-electron chi connectivity index (χ1n) is 4.80. The largest absolute Gasteiger partial charge is 0.395 e. The monoisotopic (exact) mass is 217 g/mol. The fourth-order valence-corrected chi connectivity index (χ4v) is 1.37. The second-order valence-corrected chi connectivity index (χ2v) is 3.55.